The van der Waals surface area contributed by atoms with E-state index in [-0.39, 0.29) is 5.16 Å². The number of imidazole rings is 1. The van der Waals surface area contributed by atoms with E-state index in [0.717, 1.165) is 5.52 Å². The van der Waals surface area contributed by atoms with Crippen molar-refractivity contribution in [3.63, 3.8) is 0 Å². The Morgan fingerprint density at radius 3 is 2.76 bits per heavy atom. The maximum atomic E-state index is 10.9. The van der Waals surface area contributed by atoms with Crippen LogP contribution in [-0.2, 0) is 10.1 Å². The van der Waals surface area contributed by atoms with Crippen LogP contribution in [0.3, 0.4) is 0 Å². The van der Waals surface area contributed by atoms with Crippen LogP contribution >= 0.6 is 11.8 Å². The fourth-order valence-electron chi connectivity index (χ4n) is 1.24. The third-order valence-electron chi connectivity index (χ3n) is 1.96. The predicted molar refractivity (Wildman–Crippen MR) is 62.9 cm³/mol. The molecule has 88 valence electrons. The van der Waals surface area contributed by atoms with E-state index >= 15 is 0 Å². The number of hydrogen-bond acceptors (Lipinski definition) is 5. The number of thioether (sulfide) groups is 1. The highest BCUT2D eigenvalue weighted by Gasteiger charge is 2.25. The largest absolute Gasteiger partial charge is 0.333 e. The number of para-hydroxylation sites is 2. The first-order valence-electron chi connectivity index (χ1n) is 4.48. The van der Waals surface area contributed by atoms with Crippen LogP contribution in [0.4, 0.5) is 0 Å². The molecule has 0 spiro atoms. The molecule has 0 radical (unpaired) electrons. The molecule has 2 aromatic rings. The fourth-order valence-corrected chi connectivity index (χ4v) is 2.71. The van der Waals surface area contributed by atoms with Gasteiger partial charge in [0.25, 0.3) is 10.1 Å². The van der Waals surface area contributed by atoms with Gasteiger partial charge in [0.1, 0.15) is 0 Å². The molecular formula is C9H7N3O3S2. The summed E-state index contributed by atoms with van der Waals surface area (Å²) in [5.74, 6) is 0. The van der Waals surface area contributed by atoms with Crippen molar-refractivity contribution in [2.75, 3.05) is 0 Å². The third kappa shape index (κ3) is 2.58. The van der Waals surface area contributed by atoms with E-state index in [1.807, 2.05) is 0 Å². The first kappa shape index (κ1) is 11.9. The lowest BCUT2D eigenvalue weighted by Gasteiger charge is -2.01. The van der Waals surface area contributed by atoms with Gasteiger partial charge in [0.05, 0.1) is 17.1 Å². The summed E-state index contributed by atoms with van der Waals surface area (Å²) in [5, 5.41) is 8.92. The molecule has 0 saturated carbocycles. The Bertz CT molecular complexity index is 654. The lowest BCUT2D eigenvalue weighted by Crippen LogP contribution is -2.14. The Morgan fingerprint density at radius 1 is 1.47 bits per heavy atom. The zero-order valence-corrected chi connectivity index (χ0v) is 9.99. The molecule has 2 N–H and O–H groups in total. The Morgan fingerprint density at radius 2 is 2.18 bits per heavy atom. The lowest BCUT2D eigenvalue weighted by atomic mass is 10.3. The monoisotopic (exact) mass is 269 g/mol. The highest BCUT2D eigenvalue weighted by molar-refractivity contribution is 8.11. The molecule has 1 heterocycles. The molecule has 2 rings (SSSR count). The zero-order chi connectivity index (χ0) is 12.5. The van der Waals surface area contributed by atoms with Crippen LogP contribution in [-0.4, -0.2) is 27.5 Å². The quantitative estimate of drug-likeness (QED) is 0.644. The Balaban J connectivity index is 2.33. The number of aromatic amines is 1. The molecule has 0 bridgehead atoms. The molecule has 1 unspecified atom stereocenters. The molecule has 1 aromatic heterocycles. The number of aromatic nitrogens is 2. The second-order valence-corrected chi connectivity index (χ2v) is 6.05. The van der Waals surface area contributed by atoms with Crippen molar-refractivity contribution >= 4 is 32.9 Å². The van der Waals surface area contributed by atoms with E-state index in [1.165, 1.54) is 6.07 Å². The molecular weight excluding hydrogens is 262 g/mol. The van der Waals surface area contributed by atoms with Crippen LogP contribution in [0.25, 0.3) is 11.0 Å². The van der Waals surface area contributed by atoms with Gasteiger partial charge in [-0.1, -0.05) is 23.9 Å². The summed E-state index contributed by atoms with van der Waals surface area (Å²) in [7, 11) is -4.41. The smallest absolute Gasteiger partial charge is 0.291 e. The van der Waals surface area contributed by atoms with Gasteiger partial charge in [0.2, 0.25) is 4.58 Å². The second kappa shape index (κ2) is 4.37. The molecule has 0 fully saturated rings. The fraction of sp³-hybridized carbons (Fsp3) is 0.111. The molecule has 6 nitrogen and oxygen atoms in total. The number of fused-ring (bicyclic) bond motifs is 1. The number of H-pyrrole nitrogens is 1. The Labute approximate surface area is 101 Å². The van der Waals surface area contributed by atoms with Gasteiger partial charge < -0.3 is 4.98 Å². The van der Waals surface area contributed by atoms with Crippen LogP contribution in [0.15, 0.2) is 29.4 Å². The highest BCUT2D eigenvalue weighted by atomic mass is 32.3. The number of nitrogens with one attached hydrogen (secondary N) is 1. The van der Waals surface area contributed by atoms with Crippen molar-refractivity contribution in [3.05, 3.63) is 24.3 Å². The Hall–Kier alpha value is -1.56. The topological polar surface area (TPSA) is 107 Å². The van der Waals surface area contributed by atoms with Crippen molar-refractivity contribution in [2.45, 2.75) is 9.74 Å². The minimum Gasteiger partial charge on any atom is -0.333 e. The van der Waals surface area contributed by atoms with E-state index < -0.39 is 14.7 Å². The first-order chi connectivity index (χ1) is 8.00. The van der Waals surface area contributed by atoms with Crippen LogP contribution in [0, 0.1) is 11.3 Å². The van der Waals surface area contributed by atoms with Crippen molar-refractivity contribution in [1.82, 2.24) is 9.97 Å². The number of rotatable bonds is 3. The summed E-state index contributed by atoms with van der Waals surface area (Å²) in [5.41, 5.74) is 1.41. The van der Waals surface area contributed by atoms with Crippen molar-refractivity contribution in [2.24, 2.45) is 0 Å². The SMILES string of the molecule is N#CC(Sc1nc2ccccc2[nH]1)S(=O)(=O)O. The summed E-state index contributed by atoms with van der Waals surface area (Å²) in [6, 6.07) is 8.63. The van der Waals surface area contributed by atoms with E-state index in [4.69, 9.17) is 9.81 Å². The maximum absolute atomic E-state index is 10.9. The number of nitrogens with zero attached hydrogens (tertiary/aromatic N) is 2. The summed E-state index contributed by atoms with van der Waals surface area (Å²) in [6.07, 6.45) is 0. The number of benzene rings is 1. The van der Waals surface area contributed by atoms with Gasteiger partial charge in [-0.05, 0) is 12.1 Å². The molecule has 0 aliphatic rings. The van der Waals surface area contributed by atoms with Crippen LogP contribution in [0.2, 0.25) is 0 Å². The summed E-state index contributed by atoms with van der Waals surface area (Å²) in [6.45, 7) is 0. The average Bonchev–Trinajstić information content (AvgIpc) is 2.66. The van der Waals surface area contributed by atoms with Gasteiger partial charge in [0, 0.05) is 0 Å². The minimum atomic E-state index is -4.41. The summed E-state index contributed by atoms with van der Waals surface area (Å²) < 4.78 is 28.9. The molecule has 8 heteroatoms. The molecule has 0 amide bonds. The van der Waals surface area contributed by atoms with Crippen LogP contribution in [0.5, 0.6) is 0 Å². The van der Waals surface area contributed by atoms with E-state index in [1.54, 1.807) is 24.3 Å². The van der Waals surface area contributed by atoms with Gasteiger partial charge in [0.15, 0.2) is 5.16 Å². The molecule has 17 heavy (non-hydrogen) atoms. The third-order valence-corrected chi connectivity index (χ3v) is 4.36. The molecule has 1 aromatic carbocycles. The molecule has 0 saturated heterocycles. The first-order valence-corrected chi connectivity index (χ1v) is 6.86. The summed E-state index contributed by atoms with van der Waals surface area (Å²) >= 11 is 0.656. The van der Waals surface area contributed by atoms with Crippen molar-refractivity contribution in [1.29, 1.82) is 5.26 Å². The van der Waals surface area contributed by atoms with Crippen molar-refractivity contribution in [3.8, 4) is 6.07 Å². The highest BCUT2D eigenvalue weighted by Crippen LogP contribution is 2.25. The molecule has 0 aliphatic carbocycles. The number of nitriles is 1. The summed E-state index contributed by atoms with van der Waals surface area (Å²) in [4.78, 5) is 6.95. The van der Waals surface area contributed by atoms with E-state index in [0.29, 0.717) is 17.3 Å². The average molecular weight is 269 g/mol. The lowest BCUT2D eigenvalue weighted by molar-refractivity contribution is 0.485. The van der Waals surface area contributed by atoms with Gasteiger partial charge in [-0.15, -0.1) is 0 Å². The van der Waals surface area contributed by atoms with Gasteiger partial charge in [-0.2, -0.15) is 13.7 Å². The zero-order valence-electron chi connectivity index (χ0n) is 8.36. The van der Waals surface area contributed by atoms with Gasteiger partial charge >= 0.3 is 0 Å². The van der Waals surface area contributed by atoms with Gasteiger partial charge in [-0.3, -0.25) is 4.55 Å². The minimum absolute atomic E-state index is 0.273. The van der Waals surface area contributed by atoms with E-state index in [9.17, 15) is 8.42 Å². The predicted octanol–water partition coefficient (Wildman–Crippen LogP) is 1.39. The van der Waals surface area contributed by atoms with Crippen molar-refractivity contribution < 1.29 is 13.0 Å². The van der Waals surface area contributed by atoms with Crippen LogP contribution < -0.4 is 0 Å². The van der Waals surface area contributed by atoms with Gasteiger partial charge in [-0.25, -0.2) is 4.98 Å². The normalized spacial score (nSPS) is 13.4. The molecule has 0 aliphatic heterocycles. The van der Waals surface area contributed by atoms with E-state index in [2.05, 4.69) is 9.97 Å². The van der Waals surface area contributed by atoms with Crippen LogP contribution in [0.1, 0.15) is 0 Å². The molecule has 1 atom stereocenters. The second-order valence-electron chi connectivity index (χ2n) is 3.15. The Kier molecular flexibility index (Phi) is 3.06. The maximum Gasteiger partial charge on any atom is 0.291 e. The number of hydrogen-bond donors (Lipinski definition) is 2. The standard InChI is InChI=1S/C9H7N3O3S2/c10-5-8(17(13,14)15)16-9-11-6-3-1-2-4-7(6)12-9/h1-4,8H,(H,11,12)(H,13,14,15).